The summed E-state index contributed by atoms with van der Waals surface area (Å²) in [5, 5.41) is 11.0. The van der Waals surface area contributed by atoms with Gasteiger partial charge in [0.2, 0.25) is 12.4 Å². The van der Waals surface area contributed by atoms with E-state index < -0.39 is 10.0 Å². The van der Waals surface area contributed by atoms with Crippen LogP contribution in [0.1, 0.15) is 16.7 Å². The number of hydrogen-bond acceptors (Lipinski definition) is 3. The lowest BCUT2D eigenvalue weighted by Gasteiger charge is -2.21. The third-order valence-corrected chi connectivity index (χ3v) is 6.87. The van der Waals surface area contributed by atoms with Crippen LogP contribution >= 0.6 is 0 Å². The molecule has 1 aromatic heterocycles. The molecule has 0 aliphatic carbocycles. The monoisotopic (exact) mass is 380 g/mol. The highest BCUT2D eigenvalue weighted by atomic mass is 32.2. The SMILES string of the molecule is [C-]#[N+]c1cc(C)c2c(c1)N(S(=O)(=O)c1cccc3c[n+](O)cc(C)c13)CC2. The quantitative estimate of drug-likeness (QED) is 0.422. The number of aromatic nitrogens is 1. The van der Waals surface area contributed by atoms with Gasteiger partial charge in [0.25, 0.3) is 10.0 Å². The first-order valence-electron chi connectivity index (χ1n) is 8.50. The maximum Gasteiger partial charge on any atom is 0.264 e. The van der Waals surface area contributed by atoms with Crippen molar-refractivity contribution in [2.75, 3.05) is 10.8 Å². The van der Waals surface area contributed by atoms with E-state index in [1.54, 1.807) is 37.3 Å². The summed E-state index contributed by atoms with van der Waals surface area (Å²) < 4.78 is 29.4. The second-order valence-corrected chi connectivity index (χ2v) is 8.57. The van der Waals surface area contributed by atoms with Crippen LogP contribution in [-0.4, -0.2) is 20.2 Å². The summed E-state index contributed by atoms with van der Waals surface area (Å²) >= 11 is 0. The summed E-state index contributed by atoms with van der Waals surface area (Å²) in [5.74, 6) is 0. The molecule has 0 fully saturated rings. The molecule has 0 amide bonds. The molecular weight excluding hydrogens is 362 g/mol. The number of pyridine rings is 1. The Morgan fingerprint density at radius 3 is 2.70 bits per heavy atom. The first-order chi connectivity index (χ1) is 12.8. The zero-order chi connectivity index (χ0) is 19.3. The van der Waals surface area contributed by atoms with Gasteiger partial charge in [0.1, 0.15) is 0 Å². The smallest absolute Gasteiger partial charge is 0.264 e. The van der Waals surface area contributed by atoms with Crippen molar-refractivity contribution in [3.63, 3.8) is 0 Å². The molecule has 0 saturated heterocycles. The van der Waals surface area contributed by atoms with Crippen molar-refractivity contribution in [1.82, 2.24) is 0 Å². The molecule has 0 spiro atoms. The average Bonchev–Trinajstić information content (AvgIpc) is 3.06. The van der Waals surface area contributed by atoms with Crippen molar-refractivity contribution in [2.45, 2.75) is 25.2 Å². The van der Waals surface area contributed by atoms with Gasteiger partial charge in [0.05, 0.1) is 16.9 Å². The maximum absolute atomic E-state index is 13.5. The number of aryl methyl sites for hydroxylation is 2. The van der Waals surface area contributed by atoms with Gasteiger partial charge in [0.15, 0.2) is 5.69 Å². The van der Waals surface area contributed by atoms with Gasteiger partial charge in [-0.25, -0.2) is 13.3 Å². The standard InChI is InChI=1S/C20H18N3O3S/c1-13-9-16(21-3)10-18-17(13)7-8-23(18)27(25,26)19-6-4-5-15-12-22(24)11-14(2)20(15)19/h4-6,9-12,24H,7-8H2,1-2H3/q+1. The normalized spacial score (nSPS) is 13.6. The molecule has 2 aromatic carbocycles. The molecule has 6 nitrogen and oxygen atoms in total. The van der Waals surface area contributed by atoms with Crippen molar-refractivity contribution in [2.24, 2.45) is 0 Å². The number of benzene rings is 2. The van der Waals surface area contributed by atoms with Gasteiger partial charge >= 0.3 is 0 Å². The highest BCUT2D eigenvalue weighted by Crippen LogP contribution is 2.39. The van der Waals surface area contributed by atoms with Crippen molar-refractivity contribution in [3.8, 4) is 0 Å². The van der Waals surface area contributed by atoms with Gasteiger partial charge < -0.3 is 0 Å². The number of anilines is 1. The Labute approximate surface area is 157 Å². The summed E-state index contributed by atoms with van der Waals surface area (Å²) in [6, 6.07) is 8.49. The van der Waals surface area contributed by atoms with Crippen LogP contribution in [0.2, 0.25) is 0 Å². The Morgan fingerprint density at radius 2 is 1.96 bits per heavy atom. The minimum Gasteiger partial charge on any atom is -0.285 e. The average molecular weight is 380 g/mol. The van der Waals surface area contributed by atoms with Crippen LogP contribution in [0.4, 0.5) is 11.4 Å². The number of sulfonamides is 1. The van der Waals surface area contributed by atoms with E-state index in [4.69, 9.17) is 6.57 Å². The number of fused-ring (bicyclic) bond motifs is 2. The molecule has 0 radical (unpaired) electrons. The molecule has 7 heteroatoms. The van der Waals surface area contributed by atoms with Crippen molar-refractivity contribution >= 4 is 32.2 Å². The van der Waals surface area contributed by atoms with E-state index in [9.17, 15) is 13.6 Å². The fourth-order valence-corrected chi connectivity index (χ4v) is 5.61. The van der Waals surface area contributed by atoms with Crippen LogP contribution in [0.5, 0.6) is 0 Å². The van der Waals surface area contributed by atoms with Crippen LogP contribution in [-0.2, 0) is 16.4 Å². The summed E-state index contributed by atoms with van der Waals surface area (Å²) in [4.78, 5) is 3.68. The van der Waals surface area contributed by atoms with Gasteiger partial charge in [-0.3, -0.25) is 9.51 Å². The van der Waals surface area contributed by atoms with Gasteiger partial charge in [0, 0.05) is 27.9 Å². The molecule has 0 bridgehead atoms. The highest BCUT2D eigenvalue weighted by molar-refractivity contribution is 7.93. The predicted octanol–water partition coefficient (Wildman–Crippen LogP) is 3.28. The van der Waals surface area contributed by atoms with Gasteiger partial charge in [-0.05, 0) is 44.0 Å². The summed E-state index contributed by atoms with van der Waals surface area (Å²) in [7, 11) is -3.82. The van der Waals surface area contributed by atoms with E-state index in [0.29, 0.717) is 40.7 Å². The third kappa shape index (κ3) is 2.61. The summed E-state index contributed by atoms with van der Waals surface area (Å²) in [6.45, 7) is 11.3. The molecule has 4 rings (SSSR count). The summed E-state index contributed by atoms with van der Waals surface area (Å²) in [6.07, 6.45) is 3.60. The molecular formula is C20H18N3O3S+. The van der Waals surface area contributed by atoms with Gasteiger partial charge in [-0.15, -0.1) is 0 Å². The van der Waals surface area contributed by atoms with E-state index in [2.05, 4.69) is 4.85 Å². The van der Waals surface area contributed by atoms with Gasteiger partial charge in [-0.2, -0.15) is 0 Å². The van der Waals surface area contributed by atoms with Gasteiger partial charge in [-0.1, -0.05) is 17.7 Å². The fraction of sp³-hybridized carbons (Fsp3) is 0.200. The van der Waals surface area contributed by atoms with Crippen molar-refractivity contribution < 1.29 is 18.4 Å². The van der Waals surface area contributed by atoms with Crippen LogP contribution in [0, 0.1) is 20.4 Å². The van der Waals surface area contributed by atoms with E-state index in [1.807, 2.05) is 6.92 Å². The third-order valence-electron chi connectivity index (χ3n) is 5.01. The second-order valence-electron chi connectivity index (χ2n) is 6.74. The lowest BCUT2D eigenvalue weighted by Crippen LogP contribution is -2.31. The van der Waals surface area contributed by atoms with E-state index in [1.165, 1.54) is 16.7 Å². The Bertz CT molecular complexity index is 1240. The largest absolute Gasteiger partial charge is 0.285 e. The number of nitrogens with zero attached hydrogens (tertiary/aromatic N) is 3. The minimum atomic E-state index is -3.82. The van der Waals surface area contributed by atoms with Crippen LogP contribution in [0.15, 0.2) is 47.6 Å². The molecule has 136 valence electrons. The molecule has 1 aliphatic heterocycles. The molecule has 0 unspecified atom stereocenters. The maximum atomic E-state index is 13.5. The van der Waals surface area contributed by atoms with E-state index in [0.717, 1.165) is 15.9 Å². The topological polar surface area (TPSA) is 65.9 Å². The Kier molecular flexibility index (Phi) is 3.82. The van der Waals surface area contributed by atoms with E-state index in [-0.39, 0.29) is 4.90 Å². The zero-order valence-corrected chi connectivity index (χ0v) is 15.8. The molecule has 1 N–H and O–H groups in total. The van der Waals surface area contributed by atoms with E-state index >= 15 is 0 Å². The van der Waals surface area contributed by atoms with Crippen LogP contribution in [0.3, 0.4) is 0 Å². The molecule has 2 heterocycles. The fourth-order valence-electron chi connectivity index (χ4n) is 3.83. The lowest BCUT2D eigenvalue weighted by molar-refractivity contribution is -0.904. The molecule has 27 heavy (non-hydrogen) atoms. The molecule has 0 saturated carbocycles. The Balaban J connectivity index is 1.95. The first kappa shape index (κ1) is 17.3. The highest BCUT2D eigenvalue weighted by Gasteiger charge is 2.33. The molecule has 3 aromatic rings. The molecule has 0 atom stereocenters. The Hall–Kier alpha value is -3.11. The predicted molar refractivity (Wildman–Crippen MR) is 102 cm³/mol. The molecule has 1 aliphatic rings. The van der Waals surface area contributed by atoms with Crippen LogP contribution < -0.4 is 9.04 Å². The Morgan fingerprint density at radius 1 is 1.19 bits per heavy atom. The number of rotatable bonds is 2. The first-order valence-corrected chi connectivity index (χ1v) is 9.94. The number of hydrogen-bond donors (Lipinski definition) is 1. The minimum absolute atomic E-state index is 0.205. The van der Waals surface area contributed by atoms with Crippen LogP contribution in [0.25, 0.3) is 15.6 Å². The lowest BCUT2D eigenvalue weighted by atomic mass is 10.1. The van der Waals surface area contributed by atoms with Crippen molar-refractivity contribution in [3.05, 3.63) is 70.8 Å². The zero-order valence-electron chi connectivity index (χ0n) is 15.0. The summed E-state index contributed by atoms with van der Waals surface area (Å²) in [5.41, 5.74) is 3.59. The van der Waals surface area contributed by atoms with Crippen molar-refractivity contribution in [1.29, 1.82) is 0 Å². The second kappa shape index (κ2) is 5.96.